The lowest BCUT2D eigenvalue weighted by Gasteiger charge is -2.33. The van der Waals surface area contributed by atoms with Crippen LogP contribution in [0.25, 0.3) is 44.5 Å². The third kappa shape index (κ3) is 2.83. The molecule has 6 aromatic rings. The van der Waals surface area contributed by atoms with Crippen LogP contribution in [0.15, 0.2) is 127 Å². The van der Waals surface area contributed by atoms with Gasteiger partial charge in [0, 0.05) is 19.7 Å². The van der Waals surface area contributed by atoms with Gasteiger partial charge < -0.3 is 5.01 Å². The lowest BCUT2D eigenvalue weighted by atomic mass is 9.68. The Morgan fingerprint density at radius 3 is 1.90 bits per heavy atom. The molecular formula is C40H30N2. The molecule has 200 valence electrons. The zero-order chi connectivity index (χ0) is 28.0. The number of anilines is 1. The number of hydrogen-bond donors (Lipinski definition) is 1. The molecule has 1 unspecified atom stereocenters. The van der Waals surface area contributed by atoms with E-state index in [9.17, 15) is 0 Å². The van der Waals surface area contributed by atoms with Crippen molar-refractivity contribution in [2.75, 3.05) is 19.1 Å². The van der Waals surface area contributed by atoms with Crippen molar-refractivity contribution in [1.82, 2.24) is 5.43 Å². The van der Waals surface area contributed by atoms with Crippen molar-refractivity contribution in [3.05, 3.63) is 161 Å². The predicted octanol–water partition coefficient (Wildman–Crippen LogP) is 8.84. The minimum Gasteiger partial charge on any atom is -0.311 e. The zero-order valence-corrected chi connectivity index (χ0v) is 23.8. The van der Waals surface area contributed by atoms with Crippen molar-refractivity contribution in [3.8, 4) is 44.5 Å². The summed E-state index contributed by atoms with van der Waals surface area (Å²) in [4.78, 5) is 0. The third-order valence-corrected chi connectivity index (χ3v) is 9.94. The van der Waals surface area contributed by atoms with Gasteiger partial charge in [0.2, 0.25) is 0 Å². The van der Waals surface area contributed by atoms with Crippen LogP contribution in [0.4, 0.5) is 5.69 Å². The lowest BCUT2D eigenvalue weighted by Crippen LogP contribution is -2.31. The van der Waals surface area contributed by atoms with Crippen LogP contribution in [0.1, 0.15) is 33.4 Å². The van der Waals surface area contributed by atoms with Crippen molar-refractivity contribution in [2.24, 2.45) is 0 Å². The Kier molecular flexibility index (Phi) is 4.83. The summed E-state index contributed by atoms with van der Waals surface area (Å²) in [5.41, 5.74) is 23.3. The molecule has 42 heavy (non-hydrogen) atoms. The highest BCUT2D eigenvalue weighted by Gasteiger charge is 2.53. The molecule has 0 saturated carbocycles. The number of para-hydroxylation sites is 1. The van der Waals surface area contributed by atoms with Crippen LogP contribution in [-0.2, 0) is 11.8 Å². The molecule has 0 radical (unpaired) electrons. The van der Waals surface area contributed by atoms with Crippen LogP contribution in [0.2, 0.25) is 0 Å². The molecule has 1 spiro atoms. The van der Waals surface area contributed by atoms with E-state index < -0.39 is 5.41 Å². The molecule has 3 aliphatic rings. The van der Waals surface area contributed by atoms with Crippen molar-refractivity contribution in [1.29, 1.82) is 0 Å². The van der Waals surface area contributed by atoms with E-state index in [-0.39, 0.29) is 0 Å². The SMILES string of the molecule is CNN(C)c1ccccc1-c1cccc2c1C1(c3ccccc3-2)c2ccccc2-c2c1ccc1c2Cc2ccccc2-1. The summed E-state index contributed by atoms with van der Waals surface area (Å²) < 4.78 is 0. The van der Waals surface area contributed by atoms with E-state index in [4.69, 9.17) is 0 Å². The van der Waals surface area contributed by atoms with Gasteiger partial charge in [-0.05, 0) is 84.8 Å². The number of nitrogens with one attached hydrogen (secondary N) is 1. The number of hydrogen-bond acceptors (Lipinski definition) is 2. The highest BCUT2D eigenvalue weighted by Crippen LogP contribution is 2.66. The zero-order valence-electron chi connectivity index (χ0n) is 23.8. The molecule has 0 fully saturated rings. The maximum absolute atomic E-state index is 3.34. The van der Waals surface area contributed by atoms with E-state index >= 15 is 0 Å². The van der Waals surface area contributed by atoms with Crippen LogP contribution in [-0.4, -0.2) is 14.1 Å². The second kappa shape index (κ2) is 8.55. The van der Waals surface area contributed by atoms with Gasteiger partial charge in [0.25, 0.3) is 0 Å². The summed E-state index contributed by atoms with van der Waals surface area (Å²) in [5.74, 6) is 0. The van der Waals surface area contributed by atoms with Crippen LogP contribution >= 0.6 is 0 Å². The van der Waals surface area contributed by atoms with Crippen molar-refractivity contribution in [2.45, 2.75) is 11.8 Å². The fourth-order valence-corrected chi connectivity index (χ4v) is 8.26. The van der Waals surface area contributed by atoms with Crippen LogP contribution in [0, 0.1) is 0 Å². The molecule has 3 aliphatic carbocycles. The fraction of sp³-hybridized carbons (Fsp3) is 0.100. The lowest BCUT2D eigenvalue weighted by molar-refractivity contribution is 0.787. The minimum absolute atomic E-state index is 0.399. The Labute approximate surface area is 246 Å². The van der Waals surface area contributed by atoms with Crippen LogP contribution in [0.3, 0.4) is 0 Å². The maximum atomic E-state index is 3.34. The molecular weight excluding hydrogens is 508 g/mol. The maximum Gasteiger partial charge on any atom is 0.0731 e. The Bertz CT molecular complexity index is 2090. The minimum atomic E-state index is -0.399. The summed E-state index contributed by atoms with van der Waals surface area (Å²) >= 11 is 0. The largest absolute Gasteiger partial charge is 0.311 e. The van der Waals surface area contributed by atoms with Gasteiger partial charge in [0.05, 0.1) is 11.1 Å². The van der Waals surface area contributed by atoms with Gasteiger partial charge in [-0.15, -0.1) is 0 Å². The highest BCUT2D eigenvalue weighted by molar-refractivity contribution is 6.02. The van der Waals surface area contributed by atoms with E-state index in [0.29, 0.717) is 0 Å². The summed E-state index contributed by atoms with van der Waals surface area (Å²) in [6.45, 7) is 0. The molecule has 0 saturated heterocycles. The van der Waals surface area contributed by atoms with Crippen molar-refractivity contribution >= 4 is 5.69 Å². The molecule has 6 aromatic carbocycles. The Balaban J connectivity index is 1.43. The number of hydrazine groups is 1. The first-order valence-electron chi connectivity index (χ1n) is 14.8. The monoisotopic (exact) mass is 538 g/mol. The van der Waals surface area contributed by atoms with Gasteiger partial charge in [0.1, 0.15) is 0 Å². The summed E-state index contributed by atoms with van der Waals surface area (Å²) in [6, 6.07) is 47.8. The second-order valence-corrected chi connectivity index (χ2v) is 11.7. The Morgan fingerprint density at radius 2 is 1.12 bits per heavy atom. The van der Waals surface area contributed by atoms with Gasteiger partial charge in [0.15, 0.2) is 0 Å². The summed E-state index contributed by atoms with van der Waals surface area (Å²) in [5, 5.41) is 2.12. The van der Waals surface area contributed by atoms with Gasteiger partial charge in [-0.2, -0.15) is 0 Å². The molecule has 0 amide bonds. The van der Waals surface area contributed by atoms with Gasteiger partial charge in [-0.25, -0.2) is 5.43 Å². The topological polar surface area (TPSA) is 15.3 Å². The number of fused-ring (bicyclic) bond motifs is 14. The van der Waals surface area contributed by atoms with E-state index in [0.717, 1.165) is 12.1 Å². The molecule has 0 aliphatic heterocycles. The molecule has 1 atom stereocenters. The first-order valence-corrected chi connectivity index (χ1v) is 14.8. The number of benzene rings is 6. The molecule has 2 nitrogen and oxygen atoms in total. The predicted molar refractivity (Wildman–Crippen MR) is 174 cm³/mol. The third-order valence-electron chi connectivity index (χ3n) is 9.94. The summed E-state index contributed by atoms with van der Waals surface area (Å²) in [7, 11) is 4.07. The molecule has 0 bridgehead atoms. The van der Waals surface area contributed by atoms with Gasteiger partial charge in [-0.1, -0.05) is 121 Å². The van der Waals surface area contributed by atoms with Crippen molar-refractivity contribution < 1.29 is 0 Å². The standard InChI is InChI=1S/C40H30N2/c1-41-42(2)37-21-10-7-15-29(37)31-18-11-17-30-28-14-5-8-19-34(28)40(39(30)31)35-20-9-6-16-32(35)38-33-24-25-12-3-4-13-26(25)27(33)22-23-36(38)40/h3-23,41H,24H2,1-2H3. The molecule has 2 heteroatoms. The molecule has 0 aromatic heterocycles. The number of rotatable bonds is 3. The quantitative estimate of drug-likeness (QED) is 0.226. The van der Waals surface area contributed by atoms with E-state index in [1.54, 1.807) is 0 Å². The first kappa shape index (κ1) is 23.8. The smallest absolute Gasteiger partial charge is 0.0731 e. The van der Waals surface area contributed by atoms with E-state index in [1.807, 2.05) is 7.05 Å². The van der Waals surface area contributed by atoms with Crippen LogP contribution in [0.5, 0.6) is 0 Å². The normalized spacial score (nSPS) is 16.4. The molecule has 1 N–H and O–H groups in total. The fourth-order valence-electron chi connectivity index (χ4n) is 8.26. The Morgan fingerprint density at radius 1 is 0.524 bits per heavy atom. The Hall–Kier alpha value is -4.92. The van der Waals surface area contributed by atoms with Crippen molar-refractivity contribution in [3.63, 3.8) is 0 Å². The highest BCUT2D eigenvalue weighted by atomic mass is 15.5. The second-order valence-electron chi connectivity index (χ2n) is 11.7. The number of nitrogens with zero attached hydrogens (tertiary/aromatic N) is 1. The molecule has 9 rings (SSSR count). The van der Waals surface area contributed by atoms with E-state index in [2.05, 4.69) is 145 Å². The van der Waals surface area contributed by atoms with E-state index in [1.165, 1.54) is 77.9 Å². The summed E-state index contributed by atoms with van der Waals surface area (Å²) in [6.07, 6.45) is 0.977. The van der Waals surface area contributed by atoms with Gasteiger partial charge >= 0.3 is 0 Å². The average molecular weight is 539 g/mol. The van der Waals surface area contributed by atoms with Crippen LogP contribution < -0.4 is 10.4 Å². The molecule has 0 heterocycles. The average Bonchev–Trinajstić information content (AvgIpc) is 3.68. The van der Waals surface area contributed by atoms with Gasteiger partial charge in [-0.3, -0.25) is 0 Å². The first-order chi connectivity index (χ1) is 20.7.